The van der Waals surface area contributed by atoms with Crippen molar-refractivity contribution in [2.24, 2.45) is 10.8 Å². The number of carboxylic acids is 2. The van der Waals surface area contributed by atoms with Gasteiger partial charge >= 0.3 is 11.9 Å². The number of nitrogens with zero attached hydrogens (tertiary/aromatic N) is 8. The third-order valence-electron chi connectivity index (χ3n) is 19.5. The number of aromatic nitrogens is 6. The van der Waals surface area contributed by atoms with Crippen LogP contribution >= 0.6 is 34.3 Å². The maximum absolute atomic E-state index is 13.9. The highest BCUT2D eigenvalue weighted by atomic mass is 35.5. The normalized spacial score (nSPS) is 21.5. The second kappa shape index (κ2) is 23.9. The molecule has 2 saturated heterocycles. The number of aromatic carboxylic acids is 2. The van der Waals surface area contributed by atoms with E-state index in [9.17, 15) is 29.4 Å². The Morgan fingerprint density at radius 2 is 1.17 bits per heavy atom. The molecular formula is C65H77ClN8O10S2. The first-order chi connectivity index (χ1) is 41.2. The zero-order chi connectivity index (χ0) is 60.6. The van der Waals surface area contributed by atoms with Crippen molar-refractivity contribution < 1.29 is 38.7 Å². The van der Waals surface area contributed by atoms with Gasteiger partial charge in [-0.1, -0.05) is 11.6 Å². The predicted octanol–water partition coefficient (Wildman–Crippen LogP) is 10.4. The molecule has 1 unspecified atom stereocenters. The summed E-state index contributed by atoms with van der Waals surface area (Å²) in [5.41, 5.74) is 8.81. The van der Waals surface area contributed by atoms with E-state index in [-0.39, 0.29) is 28.9 Å². The van der Waals surface area contributed by atoms with Gasteiger partial charge in [-0.15, -0.1) is 22.7 Å². The van der Waals surface area contributed by atoms with Gasteiger partial charge in [-0.3, -0.25) is 38.5 Å². The Morgan fingerprint density at radius 1 is 0.674 bits per heavy atom. The Kier molecular flexibility index (Phi) is 16.7. The van der Waals surface area contributed by atoms with Gasteiger partial charge in [0.05, 0.1) is 80.5 Å². The fraction of sp³-hybridized carbons (Fsp3) is 0.538. The highest BCUT2D eigenvalue weighted by molar-refractivity contribution is 7.18. The van der Waals surface area contributed by atoms with Crippen molar-refractivity contribution in [1.82, 2.24) is 38.9 Å². The summed E-state index contributed by atoms with van der Waals surface area (Å²) >= 11 is 9.13. The molecule has 21 heteroatoms. The van der Waals surface area contributed by atoms with E-state index in [4.69, 9.17) is 40.5 Å². The van der Waals surface area contributed by atoms with Crippen molar-refractivity contribution in [2.45, 2.75) is 162 Å². The van der Waals surface area contributed by atoms with Crippen LogP contribution in [0, 0.1) is 38.5 Å². The summed E-state index contributed by atoms with van der Waals surface area (Å²) in [5, 5.41) is 23.0. The van der Waals surface area contributed by atoms with Crippen LogP contribution in [0.2, 0.25) is 5.02 Å². The van der Waals surface area contributed by atoms with E-state index >= 15 is 0 Å². The van der Waals surface area contributed by atoms with Crippen molar-refractivity contribution >= 4 is 66.6 Å². The average molecular weight is 1230 g/mol. The molecule has 2 spiro atoms. The zero-order valence-electron chi connectivity index (χ0n) is 50.4. The molecule has 7 aromatic rings. The summed E-state index contributed by atoms with van der Waals surface area (Å²) in [6.07, 6.45) is 13.0. The molecule has 8 heterocycles. The highest BCUT2D eigenvalue weighted by Crippen LogP contribution is 2.55. The number of aryl methyl sites for hydroxylation is 6. The molecule has 86 heavy (non-hydrogen) atoms. The molecule has 4 aliphatic carbocycles. The second-order valence-electron chi connectivity index (χ2n) is 25.3. The van der Waals surface area contributed by atoms with Gasteiger partial charge in [-0.05, 0) is 149 Å². The van der Waals surface area contributed by atoms with Crippen LogP contribution in [-0.2, 0) is 58.6 Å². The molecule has 18 nitrogen and oxygen atoms in total. The van der Waals surface area contributed by atoms with Gasteiger partial charge in [-0.2, -0.15) is 0 Å². The lowest BCUT2D eigenvalue weighted by Gasteiger charge is -2.43. The van der Waals surface area contributed by atoms with Gasteiger partial charge in [0.1, 0.15) is 24.0 Å². The number of ether oxygens (including phenoxy) is 4. The monoisotopic (exact) mass is 1230 g/mol. The number of halogens is 1. The van der Waals surface area contributed by atoms with E-state index in [0.717, 1.165) is 138 Å². The fourth-order valence-electron chi connectivity index (χ4n) is 14.5. The molecule has 0 radical (unpaired) electrons. The molecule has 0 bridgehead atoms. The minimum Gasteiger partial charge on any atom is -0.491 e. The lowest BCUT2D eigenvalue weighted by atomic mass is 9.86. The van der Waals surface area contributed by atoms with E-state index in [0.29, 0.717) is 88.1 Å². The second-order valence-corrected chi connectivity index (χ2v) is 27.5. The molecule has 6 aromatic heterocycles. The molecular weight excluding hydrogens is 1150 g/mol. The molecule has 1 aromatic carbocycles. The molecule has 0 amide bonds. The van der Waals surface area contributed by atoms with Crippen LogP contribution in [0.1, 0.15) is 137 Å². The third-order valence-corrected chi connectivity index (χ3v) is 21.8. The first-order valence-electron chi connectivity index (χ1n) is 30.2. The van der Waals surface area contributed by atoms with Gasteiger partial charge < -0.3 is 29.2 Å². The van der Waals surface area contributed by atoms with Gasteiger partial charge in [0.15, 0.2) is 0 Å². The lowest BCUT2D eigenvalue weighted by molar-refractivity contribution is -0.0330. The van der Waals surface area contributed by atoms with Gasteiger partial charge in [-0.25, -0.2) is 19.6 Å². The number of piperidine rings is 2. The van der Waals surface area contributed by atoms with Crippen LogP contribution < -0.4 is 15.9 Å². The van der Waals surface area contributed by atoms with Crippen LogP contribution in [-0.4, -0.2) is 139 Å². The molecule has 2 aliphatic heterocycles. The Morgan fingerprint density at radius 3 is 1.69 bits per heavy atom. The molecule has 4 fully saturated rings. The van der Waals surface area contributed by atoms with Crippen molar-refractivity contribution in [2.75, 3.05) is 53.6 Å². The Hall–Kier alpha value is -5.97. The number of thiophene rings is 2. The SMILES string of the molecule is COC1CCN([C@H]2CCc3nc(C)n(CCOc4ccc(Cl)cc4-c4cc(C)nc5c(C(=O)O)csc45)c(=O)c3C2)CC12CC2.CO[C@@H]1CCN([C@H]2CCc3nc(C)n(CCOC(C)(C)c4cc(C)nc5c(C(=O)O)csc45)c(=O)c3C2)CC12CC2. The lowest BCUT2D eigenvalue weighted by Crippen LogP contribution is -2.51. The topological polar surface area (TPSA) is 214 Å². The number of carbonyl (C=O) groups is 2. The minimum absolute atomic E-state index is 0.0290. The summed E-state index contributed by atoms with van der Waals surface area (Å²) < 4.78 is 29.4. The maximum Gasteiger partial charge on any atom is 0.338 e. The van der Waals surface area contributed by atoms with Crippen molar-refractivity contribution in [1.29, 1.82) is 0 Å². The molecule has 2 N–H and O–H groups in total. The van der Waals surface area contributed by atoms with Crippen LogP contribution in [0.25, 0.3) is 31.6 Å². The number of pyridine rings is 2. The average Bonchev–Trinajstić information content (AvgIpc) is 2.26. The zero-order valence-corrected chi connectivity index (χ0v) is 52.8. The number of likely N-dealkylation sites (tertiary alicyclic amines) is 2. The Bertz CT molecular complexity index is 3920. The number of carboxylic acid groups (broad SMARTS) is 2. The predicted molar refractivity (Wildman–Crippen MR) is 333 cm³/mol. The highest BCUT2D eigenvalue weighted by Gasteiger charge is 2.55. The Balaban J connectivity index is 0.000000169. The number of fused-ring (bicyclic) bond motifs is 4. The number of methoxy groups -OCH3 is 2. The number of rotatable bonds is 16. The summed E-state index contributed by atoms with van der Waals surface area (Å²) in [7, 11) is 3.68. The largest absolute Gasteiger partial charge is 0.491 e. The van der Waals surface area contributed by atoms with Crippen LogP contribution in [0.3, 0.4) is 0 Å². The van der Waals surface area contributed by atoms with Crippen LogP contribution in [0.15, 0.2) is 50.7 Å². The summed E-state index contributed by atoms with van der Waals surface area (Å²) in [4.78, 5) is 75.1. The number of hydrogen-bond donors (Lipinski definition) is 2. The van der Waals surface area contributed by atoms with Gasteiger partial charge in [0, 0.05) is 118 Å². The Labute approximate surface area is 513 Å². The van der Waals surface area contributed by atoms with E-state index in [2.05, 4.69) is 19.8 Å². The third kappa shape index (κ3) is 11.6. The van der Waals surface area contributed by atoms with E-state index < -0.39 is 17.5 Å². The first-order valence-corrected chi connectivity index (χ1v) is 32.4. The number of hydrogen-bond acceptors (Lipinski definition) is 16. The fourth-order valence-corrected chi connectivity index (χ4v) is 16.9. The number of benzene rings is 1. The van der Waals surface area contributed by atoms with Crippen molar-refractivity contribution in [3.63, 3.8) is 0 Å². The molecule has 13 rings (SSSR count). The van der Waals surface area contributed by atoms with Crippen molar-refractivity contribution in [3.8, 4) is 16.9 Å². The van der Waals surface area contributed by atoms with Crippen LogP contribution in [0.4, 0.5) is 0 Å². The summed E-state index contributed by atoms with van der Waals surface area (Å²) in [5.74, 6) is 0.0181. The van der Waals surface area contributed by atoms with Gasteiger partial charge in [0.2, 0.25) is 0 Å². The van der Waals surface area contributed by atoms with Crippen LogP contribution in [0.5, 0.6) is 5.75 Å². The molecule has 456 valence electrons. The summed E-state index contributed by atoms with van der Waals surface area (Å²) in [6, 6.07) is 10.0. The van der Waals surface area contributed by atoms with E-state index in [1.54, 1.807) is 26.0 Å². The minimum atomic E-state index is -1.01. The van der Waals surface area contributed by atoms with Gasteiger partial charge in [0.25, 0.3) is 11.1 Å². The molecule has 6 aliphatic rings. The van der Waals surface area contributed by atoms with Crippen molar-refractivity contribution in [3.05, 3.63) is 129 Å². The standard InChI is InChI=1S/C34H37ClN4O5S.C31H40N4O5S/c1-19-14-24(31-30(36-19)26(17-45-31)33(41)42)23-15-21(35)4-7-28(23)44-13-12-39-20(2)37-27-6-5-22(16-25(27)32(39)40)38-11-8-29(43-3)34(18-38)9-10-34;1-18-14-23(27-26(32-18)22(16-41-27)29(37)38)30(3,4)40-13-12-35-19(2)33-24-7-6-20(15-21(24)28(35)36)34-11-8-25(39-5)31(17-34)9-10-31/h4,7,14-15,17,22,29H,5-6,8-13,16,18H2,1-3H3,(H,41,42);14,16,20,25H,6-13,15,17H2,1-5H3,(H,37,38)/t22-,29?;20-,25+/m00/s1. The van der Waals surface area contributed by atoms with E-state index in [1.165, 1.54) is 48.4 Å². The maximum atomic E-state index is 13.9. The quantitative estimate of drug-likeness (QED) is 0.0921. The first kappa shape index (κ1) is 60.3. The molecule has 2 saturated carbocycles. The van der Waals surface area contributed by atoms with E-state index in [1.807, 2.05) is 80.0 Å². The smallest absolute Gasteiger partial charge is 0.338 e. The molecule has 4 atom stereocenters. The summed E-state index contributed by atoms with van der Waals surface area (Å²) in [6.45, 7) is 17.0.